The lowest BCUT2D eigenvalue weighted by atomic mass is 9.81. The highest BCUT2D eigenvalue weighted by molar-refractivity contribution is 5.94. The van der Waals surface area contributed by atoms with Crippen LogP contribution < -0.4 is 16.6 Å². The number of carbonyl (C=O) groups is 2. The predicted octanol–water partition coefficient (Wildman–Crippen LogP) is 1.59. The van der Waals surface area contributed by atoms with E-state index in [0.29, 0.717) is 35.3 Å². The van der Waals surface area contributed by atoms with E-state index < -0.39 is 11.6 Å². The van der Waals surface area contributed by atoms with Crippen LogP contribution in [-0.2, 0) is 39.5 Å². The molecule has 9 nitrogen and oxygen atoms in total. The number of esters is 1. The third-order valence-corrected chi connectivity index (χ3v) is 7.90. The largest absolute Gasteiger partial charge is 0.458 e. The smallest absolute Gasteiger partial charge is 0.343 e. The number of amides is 1. The summed E-state index contributed by atoms with van der Waals surface area (Å²) in [6.07, 6.45) is 1.15. The number of nitrogens with two attached hydrogens (primary N) is 1. The molecule has 3 aromatic rings. The molecule has 0 unspecified atom stereocenters. The fourth-order valence-electron chi connectivity index (χ4n) is 5.95. The third kappa shape index (κ3) is 2.88. The molecule has 1 aliphatic carbocycles. The first-order chi connectivity index (χ1) is 17.2. The number of cyclic esters (lactones) is 1. The van der Waals surface area contributed by atoms with Crippen LogP contribution >= 0.6 is 0 Å². The summed E-state index contributed by atoms with van der Waals surface area (Å²) in [4.78, 5) is 43.1. The lowest BCUT2D eigenvalue weighted by Crippen LogP contribution is -2.44. The van der Waals surface area contributed by atoms with Crippen LogP contribution in [0.5, 0.6) is 0 Å². The second-order valence-corrected chi connectivity index (χ2v) is 9.67. The second-order valence-electron chi connectivity index (χ2n) is 9.67. The minimum atomic E-state index is -1.94. The minimum absolute atomic E-state index is 0.0338. The molecule has 186 valence electrons. The minimum Gasteiger partial charge on any atom is -0.458 e. The van der Waals surface area contributed by atoms with Crippen molar-refractivity contribution in [3.63, 3.8) is 0 Å². The van der Waals surface area contributed by atoms with E-state index in [2.05, 4.69) is 5.32 Å². The van der Waals surface area contributed by atoms with E-state index >= 15 is 0 Å². The van der Waals surface area contributed by atoms with Gasteiger partial charge in [0, 0.05) is 22.6 Å². The third-order valence-electron chi connectivity index (χ3n) is 7.90. The van der Waals surface area contributed by atoms with E-state index in [-0.39, 0.29) is 60.6 Å². The molecule has 4 N–H and O–H groups in total. The van der Waals surface area contributed by atoms with E-state index in [1.807, 2.05) is 0 Å². The Bertz CT molecular complexity index is 1580. The standard InChI is InChI=1S/C26H25FN4O5/c1-3-26(35)15-6-19-23-13(9-31(19)24(33)14(15)10-36-25(26)34)22-17(29-20(32)8-28)5-4-12-11(2)16(27)7-18(30-23)21(12)22/h6-7,17,35H,3-5,8-10,28H2,1-2H3,(H,29,32)/t17-,26-/m0/s1. The first kappa shape index (κ1) is 22.8. The Balaban J connectivity index is 1.66. The number of nitrogens with one attached hydrogen (secondary N) is 1. The van der Waals surface area contributed by atoms with Gasteiger partial charge in [0.05, 0.1) is 41.6 Å². The Kier molecular flexibility index (Phi) is 4.87. The summed E-state index contributed by atoms with van der Waals surface area (Å²) >= 11 is 0. The van der Waals surface area contributed by atoms with E-state index in [1.54, 1.807) is 24.5 Å². The van der Waals surface area contributed by atoms with Crippen LogP contribution in [0, 0.1) is 12.7 Å². The number of carbonyl (C=O) groups excluding carboxylic acids is 2. The van der Waals surface area contributed by atoms with Gasteiger partial charge in [-0.1, -0.05) is 6.92 Å². The molecule has 4 heterocycles. The molecule has 0 saturated carbocycles. The lowest BCUT2D eigenvalue weighted by molar-refractivity contribution is -0.172. The summed E-state index contributed by atoms with van der Waals surface area (Å²) in [5, 5.41) is 14.9. The van der Waals surface area contributed by atoms with Gasteiger partial charge in [0.15, 0.2) is 5.60 Å². The SMILES string of the molecule is CC[C@@]1(O)C(=O)OCc2c1cc1n(c2=O)Cc2c-1nc1cc(F)c(C)c3c1c2[C@@H](NC(=O)CN)CC3. The maximum absolute atomic E-state index is 14.9. The van der Waals surface area contributed by atoms with Crippen molar-refractivity contribution in [3.8, 4) is 11.4 Å². The number of aromatic nitrogens is 2. The molecule has 2 aliphatic heterocycles. The molecule has 0 saturated heterocycles. The maximum atomic E-state index is 14.9. The molecule has 0 radical (unpaired) electrons. The van der Waals surface area contributed by atoms with Crippen LogP contribution in [0.1, 0.15) is 59.2 Å². The molecule has 1 aromatic carbocycles. The number of benzene rings is 1. The fraction of sp³-hybridized carbons (Fsp3) is 0.385. The number of rotatable bonds is 3. The molecule has 0 spiro atoms. The fourth-order valence-corrected chi connectivity index (χ4v) is 5.95. The van der Waals surface area contributed by atoms with Gasteiger partial charge in [-0.2, -0.15) is 0 Å². The first-order valence-corrected chi connectivity index (χ1v) is 12.0. The number of nitrogens with zero attached hydrogens (tertiary/aromatic N) is 2. The number of aryl methyl sites for hydroxylation is 1. The van der Waals surface area contributed by atoms with Gasteiger partial charge < -0.3 is 25.5 Å². The normalized spacial score (nSPS) is 21.6. The topological polar surface area (TPSA) is 137 Å². The number of aliphatic hydroxyl groups is 1. The molecule has 0 bridgehead atoms. The van der Waals surface area contributed by atoms with Gasteiger partial charge in [-0.25, -0.2) is 14.2 Å². The van der Waals surface area contributed by atoms with Crippen LogP contribution in [0.3, 0.4) is 0 Å². The van der Waals surface area contributed by atoms with Crippen LogP contribution in [0.15, 0.2) is 16.9 Å². The molecule has 0 fully saturated rings. The predicted molar refractivity (Wildman–Crippen MR) is 127 cm³/mol. The number of halogens is 1. The Hall–Kier alpha value is -3.63. The van der Waals surface area contributed by atoms with Gasteiger partial charge in [0.25, 0.3) is 5.56 Å². The summed E-state index contributed by atoms with van der Waals surface area (Å²) in [7, 11) is 0. The molecule has 3 aliphatic rings. The Morgan fingerprint density at radius 2 is 2.11 bits per heavy atom. The quantitative estimate of drug-likeness (QED) is 0.370. The van der Waals surface area contributed by atoms with E-state index in [1.165, 1.54) is 6.07 Å². The first-order valence-electron chi connectivity index (χ1n) is 12.0. The van der Waals surface area contributed by atoms with E-state index in [0.717, 1.165) is 22.1 Å². The molecule has 10 heteroatoms. The molecule has 1 amide bonds. The number of fused-ring (bicyclic) bond motifs is 5. The molecular formula is C26H25FN4O5. The van der Waals surface area contributed by atoms with Gasteiger partial charge in [0.2, 0.25) is 5.91 Å². The van der Waals surface area contributed by atoms with Crippen molar-refractivity contribution in [3.05, 3.63) is 61.7 Å². The average Bonchev–Trinajstić information content (AvgIpc) is 3.24. The van der Waals surface area contributed by atoms with E-state index in [4.69, 9.17) is 15.5 Å². The van der Waals surface area contributed by atoms with Gasteiger partial charge in [-0.15, -0.1) is 0 Å². The summed E-state index contributed by atoms with van der Waals surface area (Å²) in [5.74, 6) is -1.48. The number of pyridine rings is 2. The lowest BCUT2D eigenvalue weighted by Gasteiger charge is -2.31. The van der Waals surface area contributed by atoms with Gasteiger partial charge in [0.1, 0.15) is 12.4 Å². The molecular weight excluding hydrogens is 467 g/mol. The molecule has 2 atom stereocenters. The Morgan fingerprint density at radius 3 is 2.83 bits per heavy atom. The zero-order valence-electron chi connectivity index (χ0n) is 19.9. The second kappa shape index (κ2) is 7.68. The van der Waals surface area contributed by atoms with Gasteiger partial charge >= 0.3 is 5.97 Å². The molecule has 2 aromatic heterocycles. The van der Waals surface area contributed by atoms with Crippen molar-refractivity contribution in [1.82, 2.24) is 14.9 Å². The van der Waals surface area contributed by atoms with Crippen molar-refractivity contribution in [2.75, 3.05) is 6.54 Å². The monoisotopic (exact) mass is 492 g/mol. The van der Waals surface area contributed by atoms with Crippen molar-refractivity contribution < 1.29 is 23.8 Å². The molecule has 6 rings (SSSR count). The Labute approximate surface area is 205 Å². The average molecular weight is 493 g/mol. The zero-order valence-corrected chi connectivity index (χ0v) is 19.9. The van der Waals surface area contributed by atoms with Gasteiger partial charge in [-0.3, -0.25) is 9.59 Å². The molecule has 36 heavy (non-hydrogen) atoms. The van der Waals surface area contributed by atoms with Crippen LogP contribution in [0.4, 0.5) is 4.39 Å². The number of ether oxygens (including phenoxy) is 1. The number of hydrogen-bond donors (Lipinski definition) is 3. The summed E-state index contributed by atoms with van der Waals surface area (Å²) in [6, 6.07) is 2.62. The van der Waals surface area contributed by atoms with Crippen molar-refractivity contribution >= 4 is 22.8 Å². The Morgan fingerprint density at radius 1 is 1.33 bits per heavy atom. The summed E-state index contributed by atoms with van der Waals surface area (Å²) in [6.45, 7) is 3.17. The zero-order chi connectivity index (χ0) is 25.5. The van der Waals surface area contributed by atoms with Gasteiger partial charge in [-0.05, 0) is 48.9 Å². The van der Waals surface area contributed by atoms with Crippen LogP contribution in [0.25, 0.3) is 22.3 Å². The number of hydrogen-bond acceptors (Lipinski definition) is 7. The van der Waals surface area contributed by atoms with Crippen molar-refractivity contribution in [2.24, 2.45) is 5.73 Å². The highest BCUT2D eigenvalue weighted by Gasteiger charge is 2.46. The summed E-state index contributed by atoms with van der Waals surface area (Å²) in [5.41, 5.74) is 7.96. The van der Waals surface area contributed by atoms with Crippen LogP contribution in [0.2, 0.25) is 0 Å². The van der Waals surface area contributed by atoms with Crippen molar-refractivity contribution in [1.29, 1.82) is 0 Å². The van der Waals surface area contributed by atoms with Crippen LogP contribution in [-0.4, -0.2) is 33.1 Å². The highest BCUT2D eigenvalue weighted by Crippen LogP contribution is 2.45. The summed E-state index contributed by atoms with van der Waals surface area (Å²) < 4.78 is 21.6. The van der Waals surface area contributed by atoms with Crippen molar-refractivity contribution in [2.45, 2.75) is 57.9 Å². The van der Waals surface area contributed by atoms with E-state index in [9.17, 15) is 23.9 Å². The maximum Gasteiger partial charge on any atom is 0.343 e. The highest BCUT2D eigenvalue weighted by atomic mass is 19.1.